The van der Waals surface area contributed by atoms with Gasteiger partial charge in [0.05, 0.1) is 15.6 Å². The topological polar surface area (TPSA) is 62.3 Å². The average Bonchev–Trinajstić information content (AvgIpc) is 2.66. The van der Waals surface area contributed by atoms with Crippen molar-refractivity contribution in [3.63, 3.8) is 0 Å². The number of carbonyl (C=O) groups is 2. The molecule has 2 heterocycles. The van der Waals surface area contributed by atoms with Crippen molar-refractivity contribution in [3.8, 4) is 0 Å². The number of benzene rings is 1. The molecule has 0 radical (unpaired) electrons. The summed E-state index contributed by atoms with van der Waals surface area (Å²) in [6, 6.07) is 8.75. The van der Waals surface area contributed by atoms with E-state index in [4.69, 9.17) is 0 Å². The van der Waals surface area contributed by atoms with Crippen molar-refractivity contribution in [2.45, 2.75) is 0 Å². The van der Waals surface area contributed by atoms with E-state index in [0.717, 1.165) is 9.37 Å². The lowest BCUT2D eigenvalue weighted by Crippen LogP contribution is -2.24. The van der Waals surface area contributed by atoms with Gasteiger partial charge in [-0.2, -0.15) is 0 Å². The maximum absolute atomic E-state index is 11.9. The molecule has 1 aliphatic heterocycles. The highest BCUT2D eigenvalue weighted by atomic mass is 79.9. The molecule has 2 amide bonds. The number of imide groups is 1. The first-order valence-electron chi connectivity index (χ1n) is 5.92. The molecule has 0 fully saturated rings. The van der Waals surface area contributed by atoms with E-state index >= 15 is 0 Å². The van der Waals surface area contributed by atoms with Crippen LogP contribution in [0.4, 0.5) is 11.5 Å². The van der Waals surface area contributed by atoms with Gasteiger partial charge in [-0.1, -0.05) is 0 Å². The first-order chi connectivity index (χ1) is 9.58. The van der Waals surface area contributed by atoms with Gasteiger partial charge < -0.3 is 5.32 Å². The Morgan fingerprint density at radius 3 is 2.65 bits per heavy atom. The molecule has 0 aliphatic carbocycles. The monoisotopic (exact) mass is 331 g/mol. The van der Waals surface area contributed by atoms with E-state index in [1.165, 1.54) is 7.05 Å². The Labute approximate surface area is 123 Å². The second-order valence-electron chi connectivity index (χ2n) is 4.39. The molecule has 1 aromatic heterocycles. The summed E-state index contributed by atoms with van der Waals surface area (Å²) in [5, 5.41) is 3.11. The fraction of sp³-hybridized carbons (Fsp3) is 0.0714. The number of pyridine rings is 1. The molecule has 0 unspecified atom stereocenters. The second kappa shape index (κ2) is 4.72. The van der Waals surface area contributed by atoms with E-state index in [9.17, 15) is 9.59 Å². The maximum atomic E-state index is 11.9. The van der Waals surface area contributed by atoms with Crippen LogP contribution >= 0.6 is 15.9 Å². The van der Waals surface area contributed by atoms with Crippen molar-refractivity contribution >= 4 is 39.2 Å². The largest absolute Gasteiger partial charge is 0.339 e. The third-order valence-corrected chi connectivity index (χ3v) is 3.75. The van der Waals surface area contributed by atoms with Crippen molar-refractivity contribution in [3.05, 3.63) is 52.1 Å². The van der Waals surface area contributed by atoms with Crippen LogP contribution in [0.1, 0.15) is 20.7 Å². The van der Waals surface area contributed by atoms with Crippen molar-refractivity contribution in [2.75, 3.05) is 12.4 Å². The summed E-state index contributed by atoms with van der Waals surface area (Å²) in [6.07, 6.45) is 1.67. The van der Waals surface area contributed by atoms with E-state index in [1.54, 1.807) is 24.4 Å². The number of nitrogens with one attached hydrogen (secondary N) is 1. The van der Waals surface area contributed by atoms with Crippen molar-refractivity contribution < 1.29 is 9.59 Å². The first-order valence-corrected chi connectivity index (χ1v) is 6.71. The number of fused-ring (bicyclic) bond motifs is 1. The Morgan fingerprint density at radius 2 is 1.90 bits per heavy atom. The molecule has 100 valence electrons. The quantitative estimate of drug-likeness (QED) is 0.859. The SMILES string of the molecule is CN1C(=O)c2ccc(Nc3ncccc3Br)cc2C1=O. The Morgan fingerprint density at radius 1 is 1.15 bits per heavy atom. The molecule has 0 spiro atoms. The normalized spacial score (nSPS) is 13.6. The van der Waals surface area contributed by atoms with Gasteiger partial charge in [-0.05, 0) is 46.3 Å². The molecule has 0 atom stereocenters. The Balaban J connectivity index is 1.97. The molecule has 3 rings (SSSR count). The van der Waals surface area contributed by atoms with Crippen LogP contribution in [0.5, 0.6) is 0 Å². The summed E-state index contributed by atoms with van der Waals surface area (Å²) in [4.78, 5) is 29.0. The van der Waals surface area contributed by atoms with Gasteiger partial charge in [0.2, 0.25) is 0 Å². The fourth-order valence-electron chi connectivity index (χ4n) is 2.05. The number of rotatable bonds is 2. The van der Waals surface area contributed by atoms with E-state index < -0.39 is 0 Å². The molecule has 1 aromatic carbocycles. The molecule has 0 saturated carbocycles. The standard InChI is InChI=1S/C14H10BrN3O2/c1-18-13(19)9-5-4-8(7-10(9)14(18)20)17-12-11(15)3-2-6-16-12/h2-7H,1H3,(H,16,17). The van der Waals surface area contributed by atoms with Gasteiger partial charge in [0.1, 0.15) is 5.82 Å². The van der Waals surface area contributed by atoms with Crippen LogP contribution in [0, 0.1) is 0 Å². The molecule has 1 aliphatic rings. The lowest BCUT2D eigenvalue weighted by molar-refractivity contribution is 0.0693. The summed E-state index contributed by atoms with van der Waals surface area (Å²) >= 11 is 3.39. The van der Waals surface area contributed by atoms with Gasteiger partial charge in [-0.3, -0.25) is 14.5 Å². The van der Waals surface area contributed by atoms with Gasteiger partial charge in [0.15, 0.2) is 0 Å². The molecule has 0 bridgehead atoms. The third-order valence-electron chi connectivity index (χ3n) is 3.11. The Hall–Kier alpha value is -2.21. The third kappa shape index (κ3) is 1.98. The number of carbonyl (C=O) groups excluding carboxylic acids is 2. The fourth-order valence-corrected chi connectivity index (χ4v) is 2.41. The highest BCUT2D eigenvalue weighted by Gasteiger charge is 2.32. The molecule has 1 N–H and O–H groups in total. The lowest BCUT2D eigenvalue weighted by Gasteiger charge is -2.07. The van der Waals surface area contributed by atoms with Crippen LogP contribution in [0.2, 0.25) is 0 Å². The first kappa shape index (κ1) is 12.8. The summed E-state index contributed by atoms with van der Waals surface area (Å²) in [7, 11) is 1.48. The molecule has 5 nitrogen and oxygen atoms in total. The molecular formula is C14H10BrN3O2. The van der Waals surface area contributed by atoms with Crippen LogP contribution in [-0.4, -0.2) is 28.7 Å². The highest BCUT2D eigenvalue weighted by molar-refractivity contribution is 9.10. The predicted octanol–water partition coefficient (Wildman–Crippen LogP) is 2.81. The zero-order chi connectivity index (χ0) is 14.3. The van der Waals surface area contributed by atoms with E-state index in [2.05, 4.69) is 26.2 Å². The van der Waals surface area contributed by atoms with Gasteiger partial charge in [0.25, 0.3) is 11.8 Å². The van der Waals surface area contributed by atoms with Crippen molar-refractivity contribution in [1.82, 2.24) is 9.88 Å². The summed E-state index contributed by atoms with van der Waals surface area (Å²) in [5.41, 5.74) is 1.55. The molecule has 0 saturated heterocycles. The summed E-state index contributed by atoms with van der Waals surface area (Å²) < 4.78 is 0.819. The summed E-state index contributed by atoms with van der Waals surface area (Å²) in [6.45, 7) is 0. The van der Waals surface area contributed by atoms with E-state index in [1.807, 2.05) is 12.1 Å². The van der Waals surface area contributed by atoms with Crippen LogP contribution in [0.3, 0.4) is 0 Å². The Kier molecular flexibility index (Phi) is 3.02. The van der Waals surface area contributed by atoms with Crippen molar-refractivity contribution in [2.24, 2.45) is 0 Å². The van der Waals surface area contributed by atoms with Crippen LogP contribution in [0.25, 0.3) is 0 Å². The number of hydrogen-bond acceptors (Lipinski definition) is 4. The number of amides is 2. The number of aromatic nitrogens is 1. The lowest BCUT2D eigenvalue weighted by atomic mass is 10.1. The smallest absolute Gasteiger partial charge is 0.261 e. The van der Waals surface area contributed by atoms with Crippen LogP contribution in [-0.2, 0) is 0 Å². The summed E-state index contributed by atoms with van der Waals surface area (Å²) in [5.74, 6) is 0.0990. The van der Waals surface area contributed by atoms with Crippen molar-refractivity contribution in [1.29, 1.82) is 0 Å². The second-order valence-corrected chi connectivity index (χ2v) is 5.24. The number of hydrogen-bond donors (Lipinski definition) is 1. The zero-order valence-electron chi connectivity index (χ0n) is 10.6. The van der Waals surface area contributed by atoms with Gasteiger partial charge in [0, 0.05) is 18.9 Å². The minimum atomic E-state index is -0.284. The van der Waals surface area contributed by atoms with Crippen LogP contribution in [0.15, 0.2) is 41.0 Å². The average molecular weight is 332 g/mol. The predicted molar refractivity (Wildman–Crippen MR) is 78.1 cm³/mol. The number of halogens is 1. The highest BCUT2D eigenvalue weighted by Crippen LogP contribution is 2.28. The molecule has 20 heavy (non-hydrogen) atoms. The van der Waals surface area contributed by atoms with Crippen LogP contribution < -0.4 is 5.32 Å². The molecular weight excluding hydrogens is 322 g/mol. The van der Waals surface area contributed by atoms with Gasteiger partial charge >= 0.3 is 0 Å². The minimum absolute atomic E-state index is 0.268. The maximum Gasteiger partial charge on any atom is 0.261 e. The minimum Gasteiger partial charge on any atom is -0.339 e. The number of nitrogens with zero attached hydrogens (tertiary/aromatic N) is 2. The van der Waals surface area contributed by atoms with E-state index in [-0.39, 0.29) is 11.8 Å². The Bertz CT molecular complexity index is 730. The molecule has 2 aromatic rings. The number of anilines is 2. The van der Waals surface area contributed by atoms with E-state index in [0.29, 0.717) is 22.6 Å². The zero-order valence-corrected chi connectivity index (χ0v) is 12.1. The molecule has 6 heteroatoms. The van der Waals surface area contributed by atoms with Gasteiger partial charge in [-0.25, -0.2) is 4.98 Å². The van der Waals surface area contributed by atoms with Gasteiger partial charge in [-0.15, -0.1) is 0 Å².